The minimum absolute atomic E-state index is 0.0927. The zero-order valence-corrected chi connectivity index (χ0v) is 16.3. The van der Waals surface area contributed by atoms with E-state index in [1.807, 2.05) is 7.11 Å². The van der Waals surface area contributed by atoms with Crippen molar-refractivity contribution in [1.29, 1.82) is 0 Å². The van der Waals surface area contributed by atoms with Gasteiger partial charge in [-0.3, -0.25) is 9.69 Å². The minimum atomic E-state index is -0.627. The number of hydrogen-bond acceptors (Lipinski definition) is 4. The SMILES string of the molecule is CCC1CC2CC3(C(=O)OC)c4[nH]c5ccccc5c4CCN(C2OC)C13. The van der Waals surface area contributed by atoms with Crippen molar-refractivity contribution in [1.82, 2.24) is 9.88 Å². The Morgan fingerprint density at radius 1 is 1.33 bits per heavy atom. The molecule has 1 N–H and O–H groups in total. The number of methoxy groups -OCH3 is 2. The van der Waals surface area contributed by atoms with Crippen molar-refractivity contribution in [3.05, 3.63) is 35.5 Å². The van der Waals surface area contributed by atoms with E-state index in [1.165, 1.54) is 18.1 Å². The third kappa shape index (κ3) is 2.10. The molecule has 4 heterocycles. The van der Waals surface area contributed by atoms with Crippen LogP contribution >= 0.6 is 0 Å². The van der Waals surface area contributed by atoms with Crippen molar-refractivity contribution in [2.45, 2.75) is 50.3 Å². The van der Waals surface area contributed by atoms with Gasteiger partial charge in [0.2, 0.25) is 0 Å². The molecule has 6 atom stereocenters. The molecule has 6 rings (SSSR count). The first-order chi connectivity index (χ1) is 13.2. The van der Waals surface area contributed by atoms with Crippen LogP contribution in [-0.4, -0.2) is 48.9 Å². The van der Waals surface area contributed by atoms with Crippen molar-refractivity contribution in [3.8, 4) is 0 Å². The molecule has 2 aromatic rings. The fourth-order valence-corrected chi connectivity index (χ4v) is 6.54. The van der Waals surface area contributed by atoms with Gasteiger partial charge in [-0.15, -0.1) is 0 Å². The van der Waals surface area contributed by atoms with Gasteiger partial charge in [0, 0.05) is 42.2 Å². The number of esters is 1. The molecule has 2 saturated heterocycles. The van der Waals surface area contributed by atoms with Crippen LogP contribution in [0.5, 0.6) is 0 Å². The fourth-order valence-electron chi connectivity index (χ4n) is 6.54. The highest BCUT2D eigenvalue weighted by atomic mass is 16.5. The summed E-state index contributed by atoms with van der Waals surface area (Å²) in [5.41, 5.74) is 2.88. The molecule has 5 heteroatoms. The van der Waals surface area contributed by atoms with Gasteiger partial charge in [0.15, 0.2) is 0 Å². The Balaban J connectivity index is 1.79. The molecular formula is C22H28N2O3. The van der Waals surface area contributed by atoms with Crippen molar-refractivity contribution in [3.63, 3.8) is 0 Å². The number of benzene rings is 1. The van der Waals surface area contributed by atoms with Gasteiger partial charge in [-0.05, 0) is 36.8 Å². The Labute approximate surface area is 160 Å². The number of aromatic amines is 1. The number of rotatable bonds is 3. The van der Waals surface area contributed by atoms with Gasteiger partial charge in [0.1, 0.15) is 11.6 Å². The summed E-state index contributed by atoms with van der Waals surface area (Å²) >= 11 is 0. The molecule has 144 valence electrons. The number of carbonyl (C=O) groups is 1. The van der Waals surface area contributed by atoms with E-state index in [9.17, 15) is 4.79 Å². The van der Waals surface area contributed by atoms with Gasteiger partial charge in [-0.25, -0.2) is 0 Å². The highest BCUT2D eigenvalue weighted by molar-refractivity contribution is 5.91. The first-order valence-electron chi connectivity index (χ1n) is 10.1. The topological polar surface area (TPSA) is 54.6 Å². The number of nitrogens with one attached hydrogen (secondary N) is 1. The normalized spacial score (nSPS) is 37.1. The molecule has 3 aliphatic heterocycles. The summed E-state index contributed by atoms with van der Waals surface area (Å²) in [6.45, 7) is 3.17. The lowest BCUT2D eigenvalue weighted by atomic mass is 9.55. The lowest BCUT2D eigenvalue weighted by molar-refractivity contribution is -0.205. The summed E-state index contributed by atoms with van der Waals surface area (Å²) in [6.07, 6.45) is 4.03. The molecule has 27 heavy (non-hydrogen) atoms. The van der Waals surface area contributed by atoms with Crippen molar-refractivity contribution in [2.24, 2.45) is 11.8 Å². The molecule has 1 aromatic heterocycles. The van der Waals surface area contributed by atoms with Crippen LogP contribution in [0.2, 0.25) is 0 Å². The third-order valence-electron chi connectivity index (χ3n) is 7.42. The Morgan fingerprint density at radius 3 is 2.89 bits per heavy atom. The van der Waals surface area contributed by atoms with Crippen molar-refractivity contribution in [2.75, 3.05) is 20.8 Å². The molecule has 1 saturated carbocycles. The van der Waals surface area contributed by atoms with Gasteiger partial charge in [-0.1, -0.05) is 31.5 Å². The molecule has 5 nitrogen and oxygen atoms in total. The second-order valence-electron chi connectivity index (χ2n) is 8.41. The average molecular weight is 368 g/mol. The Bertz CT molecular complexity index is 891. The van der Waals surface area contributed by atoms with Crippen molar-refractivity contribution < 1.29 is 14.3 Å². The molecule has 4 aliphatic rings. The molecule has 1 aliphatic carbocycles. The van der Waals surface area contributed by atoms with Crippen LogP contribution in [0.1, 0.15) is 37.4 Å². The minimum Gasteiger partial charge on any atom is -0.468 e. The van der Waals surface area contributed by atoms with Crippen LogP contribution in [-0.2, 0) is 26.1 Å². The van der Waals surface area contributed by atoms with Crippen LogP contribution in [0.15, 0.2) is 24.3 Å². The lowest BCUT2D eigenvalue weighted by Crippen LogP contribution is -2.71. The second kappa shape index (κ2) is 6.08. The Kier molecular flexibility index (Phi) is 3.89. The Morgan fingerprint density at radius 2 is 2.15 bits per heavy atom. The molecule has 3 fully saturated rings. The zero-order valence-electron chi connectivity index (χ0n) is 16.3. The monoisotopic (exact) mass is 368 g/mol. The lowest BCUT2D eigenvalue weighted by Gasteiger charge is -2.60. The number of fused-ring (bicyclic) bond motifs is 4. The van der Waals surface area contributed by atoms with Crippen LogP contribution in [0, 0.1) is 11.8 Å². The number of para-hydroxylation sites is 1. The number of aromatic nitrogens is 1. The molecule has 4 bridgehead atoms. The molecular weight excluding hydrogens is 340 g/mol. The van der Waals surface area contributed by atoms with E-state index >= 15 is 0 Å². The summed E-state index contributed by atoms with van der Waals surface area (Å²) < 4.78 is 11.4. The van der Waals surface area contributed by atoms with Crippen LogP contribution in [0.3, 0.4) is 0 Å². The average Bonchev–Trinajstić information content (AvgIpc) is 3.04. The largest absolute Gasteiger partial charge is 0.468 e. The molecule has 0 amide bonds. The first kappa shape index (κ1) is 17.3. The highest BCUT2D eigenvalue weighted by Crippen LogP contribution is 2.57. The molecule has 0 spiro atoms. The quantitative estimate of drug-likeness (QED) is 0.845. The van der Waals surface area contributed by atoms with E-state index in [4.69, 9.17) is 9.47 Å². The summed E-state index contributed by atoms with van der Waals surface area (Å²) in [5.74, 6) is 0.734. The molecule has 1 aromatic carbocycles. The van der Waals surface area contributed by atoms with Crippen LogP contribution < -0.4 is 0 Å². The summed E-state index contributed by atoms with van der Waals surface area (Å²) in [5, 5.41) is 1.24. The van der Waals surface area contributed by atoms with Crippen LogP contribution in [0.4, 0.5) is 0 Å². The highest BCUT2D eigenvalue weighted by Gasteiger charge is 2.65. The number of hydrogen-bond donors (Lipinski definition) is 1. The molecule has 6 unspecified atom stereocenters. The number of ether oxygens (including phenoxy) is 2. The maximum absolute atomic E-state index is 13.4. The van der Waals surface area contributed by atoms with Gasteiger partial charge < -0.3 is 14.5 Å². The number of piperidine rings is 2. The first-order valence-corrected chi connectivity index (χ1v) is 10.1. The maximum Gasteiger partial charge on any atom is 0.319 e. The predicted octanol–water partition coefficient (Wildman–Crippen LogP) is 3.23. The summed E-state index contributed by atoms with van der Waals surface area (Å²) in [7, 11) is 3.34. The third-order valence-corrected chi connectivity index (χ3v) is 7.42. The van der Waals surface area contributed by atoms with E-state index in [1.54, 1.807) is 0 Å². The van der Waals surface area contributed by atoms with Gasteiger partial charge >= 0.3 is 5.97 Å². The van der Waals surface area contributed by atoms with E-state index in [0.717, 1.165) is 43.4 Å². The van der Waals surface area contributed by atoms with E-state index in [2.05, 4.69) is 41.1 Å². The fraction of sp³-hybridized carbons (Fsp3) is 0.591. The van der Waals surface area contributed by atoms with E-state index < -0.39 is 5.41 Å². The Hall–Kier alpha value is -1.85. The smallest absolute Gasteiger partial charge is 0.319 e. The number of H-pyrrole nitrogens is 1. The van der Waals surface area contributed by atoms with Crippen LogP contribution in [0.25, 0.3) is 10.9 Å². The summed E-state index contributed by atoms with van der Waals surface area (Å²) in [4.78, 5) is 19.6. The zero-order chi connectivity index (χ0) is 18.8. The number of carbonyl (C=O) groups excluding carboxylic acids is 1. The number of nitrogens with zero attached hydrogens (tertiary/aromatic N) is 1. The van der Waals surface area contributed by atoms with E-state index in [0.29, 0.717) is 11.8 Å². The second-order valence-corrected chi connectivity index (χ2v) is 8.41. The van der Waals surface area contributed by atoms with Crippen molar-refractivity contribution >= 4 is 16.9 Å². The van der Waals surface area contributed by atoms with Gasteiger partial charge in [-0.2, -0.15) is 0 Å². The molecule has 0 radical (unpaired) electrons. The standard InChI is InChI=1S/C22H28N2O3/c1-4-13-11-14-12-22(21(25)27-3)18-16(15-7-5-6-8-17(15)23-18)9-10-24(19(13)22)20(14)26-2/h5-8,13-14,19-20,23H,4,9-12H2,1-3H3. The van der Waals surface area contributed by atoms with Gasteiger partial charge in [0.05, 0.1) is 7.11 Å². The van der Waals surface area contributed by atoms with E-state index in [-0.39, 0.29) is 18.2 Å². The van der Waals surface area contributed by atoms with Gasteiger partial charge in [0.25, 0.3) is 0 Å². The summed E-state index contributed by atoms with van der Waals surface area (Å²) in [6, 6.07) is 8.54. The maximum atomic E-state index is 13.4. The predicted molar refractivity (Wildman–Crippen MR) is 103 cm³/mol.